The van der Waals surface area contributed by atoms with E-state index in [1.54, 1.807) is 30.1 Å². The van der Waals surface area contributed by atoms with Gasteiger partial charge in [-0.25, -0.2) is 0 Å². The largest absolute Gasteiger partial charge is 0.480 e. The Labute approximate surface area is 110 Å². The van der Waals surface area contributed by atoms with E-state index in [0.717, 1.165) is 12.8 Å². The van der Waals surface area contributed by atoms with Crippen molar-refractivity contribution in [1.82, 2.24) is 9.88 Å². The third-order valence-corrected chi connectivity index (χ3v) is 4.60. The van der Waals surface area contributed by atoms with Crippen molar-refractivity contribution in [2.45, 2.75) is 24.1 Å². The van der Waals surface area contributed by atoms with Gasteiger partial charge in [-0.05, 0) is 31.2 Å². The number of aromatic nitrogens is 1. The predicted octanol–water partition coefficient (Wildman–Crippen LogP) is 1.20. The number of carboxylic acid groups (broad SMARTS) is 1. The molecule has 0 unspecified atom stereocenters. The Kier molecular flexibility index (Phi) is 3.65. The molecule has 0 saturated heterocycles. The number of thioether (sulfide) groups is 1. The fourth-order valence-electron chi connectivity index (χ4n) is 1.83. The molecule has 18 heavy (non-hydrogen) atoms. The highest BCUT2D eigenvalue weighted by Gasteiger charge is 2.42. The lowest BCUT2D eigenvalue weighted by Gasteiger charge is -2.13. The number of carbonyl (C=O) groups is 2. The lowest BCUT2D eigenvalue weighted by molar-refractivity contribution is -0.137. The minimum absolute atomic E-state index is 0.191. The molecule has 98 valence electrons. The van der Waals surface area contributed by atoms with Gasteiger partial charge in [0.15, 0.2) is 0 Å². The van der Waals surface area contributed by atoms with Crippen LogP contribution in [0.5, 0.6) is 0 Å². The number of aliphatic carboxylic acids is 1. The molecule has 0 spiro atoms. The zero-order valence-corrected chi connectivity index (χ0v) is 11.0. The Bertz CT molecular complexity index is 466. The minimum atomic E-state index is -0.956. The van der Waals surface area contributed by atoms with Crippen LogP contribution in [-0.4, -0.2) is 39.1 Å². The zero-order chi connectivity index (χ0) is 13.2. The van der Waals surface area contributed by atoms with Crippen molar-refractivity contribution < 1.29 is 14.7 Å². The first-order valence-electron chi connectivity index (χ1n) is 5.77. The van der Waals surface area contributed by atoms with Crippen LogP contribution in [0.3, 0.4) is 0 Å². The van der Waals surface area contributed by atoms with Gasteiger partial charge in [-0.2, -0.15) is 11.8 Å². The molecule has 1 saturated carbocycles. The van der Waals surface area contributed by atoms with Crippen molar-refractivity contribution in [3.63, 3.8) is 0 Å². The number of carboxylic acids is 1. The summed E-state index contributed by atoms with van der Waals surface area (Å²) >= 11 is 1.78. The second kappa shape index (κ2) is 5.06. The maximum atomic E-state index is 12.0. The van der Waals surface area contributed by atoms with E-state index in [1.165, 1.54) is 4.57 Å². The number of nitrogens with zero attached hydrogens (tertiary/aromatic N) is 1. The van der Waals surface area contributed by atoms with Gasteiger partial charge in [0.25, 0.3) is 5.91 Å². The van der Waals surface area contributed by atoms with E-state index in [2.05, 4.69) is 5.32 Å². The highest BCUT2D eigenvalue weighted by Crippen LogP contribution is 2.46. The van der Waals surface area contributed by atoms with E-state index >= 15 is 0 Å². The molecule has 1 aliphatic rings. The first kappa shape index (κ1) is 13.0. The molecule has 6 heteroatoms. The standard InChI is InChI=1S/C12H16N2O3S/c1-18-12(4-5-12)8-13-11(17)9-3-2-6-14(9)7-10(15)16/h2-3,6H,4-5,7-8H2,1H3,(H,13,17)(H,15,16). The van der Waals surface area contributed by atoms with E-state index in [1.807, 2.05) is 6.26 Å². The van der Waals surface area contributed by atoms with Gasteiger partial charge in [0.05, 0.1) is 0 Å². The predicted molar refractivity (Wildman–Crippen MR) is 69.9 cm³/mol. The van der Waals surface area contributed by atoms with Crippen LogP contribution < -0.4 is 5.32 Å². The van der Waals surface area contributed by atoms with E-state index in [0.29, 0.717) is 12.2 Å². The molecule has 2 rings (SSSR count). The number of nitrogens with one attached hydrogen (secondary N) is 1. The van der Waals surface area contributed by atoms with E-state index in [9.17, 15) is 9.59 Å². The third-order valence-electron chi connectivity index (χ3n) is 3.18. The van der Waals surface area contributed by atoms with Crippen LogP contribution >= 0.6 is 11.8 Å². The van der Waals surface area contributed by atoms with Gasteiger partial charge in [-0.1, -0.05) is 0 Å². The van der Waals surface area contributed by atoms with E-state index in [-0.39, 0.29) is 17.2 Å². The second-order valence-electron chi connectivity index (χ2n) is 4.48. The van der Waals surface area contributed by atoms with Crippen LogP contribution in [0.4, 0.5) is 0 Å². The van der Waals surface area contributed by atoms with Crippen LogP contribution in [0.1, 0.15) is 23.3 Å². The molecule has 1 heterocycles. The molecule has 0 aliphatic heterocycles. The molecule has 1 aromatic rings. The molecule has 5 nitrogen and oxygen atoms in total. The fourth-order valence-corrected chi connectivity index (χ4v) is 2.56. The molecule has 1 aliphatic carbocycles. The summed E-state index contributed by atoms with van der Waals surface area (Å²) in [7, 11) is 0. The van der Waals surface area contributed by atoms with Gasteiger partial charge in [0.1, 0.15) is 12.2 Å². The highest BCUT2D eigenvalue weighted by atomic mass is 32.2. The Morgan fingerprint density at radius 1 is 1.56 bits per heavy atom. The summed E-state index contributed by atoms with van der Waals surface area (Å²) in [5.41, 5.74) is 0.398. The lowest BCUT2D eigenvalue weighted by atomic mass is 10.3. The van der Waals surface area contributed by atoms with Crippen LogP contribution in [0.15, 0.2) is 18.3 Å². The SMILES string of the molecule is CSC1(CNC(=O)c2cccn2CC(=O)O)CC1. The van der Waals surface area contributed by atoms with Crippen LogP contribution in [0.2, 0.25) is 0 Å². The molecular weight excluding hydrogens is 252 g/mol. The van der Waals surface area contributed by atoms with Crippen molar-refractivity contribution in [3.8, 4) is 0 Å². The Morgan fingerprint density at radius 2 is 2.28 bits per heavy atom. The van der Waals surface area contributed by atoms with Gasteiger partial charge in [-0.15, -0.1) is 0 Å². The Morgan fingerprint density at radius 3 is 2.83 bits per heavy atom. The van der Waals surface area contributed by atoms with Crippen molar-refractivity contribution in [1.29, 1.82) is 0 Å². The third kappa shape index (κ3) is 2.87. The van der Waals surface area contributed by atoms with Crippen molar-refractivity contribution in [2.75, 3.05) is 12.8 Å². The molecule has 0 aromatic carbocycles. The smallest absolute Gasteiger partial charge is 0.323 e. The Hall–Kier alpha value is -1.43. The van der Waals surface area contributed by atoms with Gasteiger partial charge in [0, 0.05) is 17.5 Å². The quantitative estimate of drug-likeness (QED) is 0.813. The first-order valence-corrected chi connectivity index (χ1v) is 6.99. The van der Waals surface area contributed by atoms with E-state index in [4.69, 9.17) is 5.11 Å². The average molecular weight is 268 g/mol. The maximum absolute atomic E-state index is 12.0. The van der Waals surface area contributed by atoms with E-state index < -0.39 is 5.97 Å². The molecule has 1 fully saturated rings. The number of amides is 1. The molecule has 0 atom stereocenters. The molecule has 0 radical (unpaired) electrons. The second-order valence-corrected chi connectivity index (χ2v) is 5.76. The summed E-state index contributed by atoms with van der Waals surface area (Å²) in [6.45, 7) is 0.453. The van der Waals surface area contributed by atoms with Crippen LogP contribution in [-0.2, 0) is 11.3 Å². The summed E-state index contributed by atoms with van der Waals surface area (Å²) in [5.74, 6) is -1.16. The number of hydrogen-bond donors (Lipinski definition) is 2. The lowest BCUT2D eigenvalue weighted by Crippen LogP contribution is -2.33. The van der Waals surface area contributed by atoms with Crippen LogP contribution in [0.25, 0.3) is 0 Å². The summed E-state index contributed by atoms with van der Waals surface area (Å²) < 4.78 is 1.65. The topological polar surface area (TPSA) is 71.3 Å². The van der Waals surface area contributed by atoms with Gasteiger partial charge in [0.2, 0.25) is 0 Å². The van der Waals surface area contributed by atoms with Crippen molar-refractivity contribution in [3.05, 3.63) is 24.0 Å². The Balaban J connectivity index is 1.96. The fraction of sp³-hybridized carbons (Fsp3) is 0.500. The van der Waals surface area contributed by atoms with Crippen molar-refractivity contribution in [2.24, 2.45) is 0 Å². The van der Waals surface area contributed by atoms with Gasteiger partial charge >= 0.3 is 5.97 Å². The molecule has 1 aromatic heterocycles. The first-order chi connectivity index (χ1) is 8.56. The monoisotopic (exact) mass is 268 g/mol. The summed E-state index contributed by atoms with van der Waals surface area (Å²) in [6.07, 6.45) is 5.91. The molecular formula is C12H16N2O3S. The van der Waals surface area contributed by atoms with Gasteiger partial charge in [-0.3, -0.25) is 9.59 Å². The maximum Gasteiger partial charge on any atom is 0.323 e. The molecule has 1 amide bonds. The highest BCUT2D eigenvalue weighted by molar-refractivity contribution is 8.00. The number of rotatable bonds is 6. The summed E-state index contributed by atoms with van der Waals surface area (Å²) in [6, 6.07) is 3.32. The molecule has 2 N–H and O–H groups in total. The normalized spacial score (nSPS) is 16.3. The van der Waals surface area contributed by atoms with Crippen LogP contribution in [0, 0.1) is 0 Å². The average Bonchev–Trinajstić information content (AvgIpc) is 2.98. The minimum Gasteiger partial charge on any atom is -0.480 e. The van der Waals surface area contributed by atoms with Gasteiger partial charge < -0.3 is 15.0 Å². The number of hydrogen-bond acceptors (Lipinski definition) is 3. The zero-order valence-electron chi connectivity index (χ0n) is 10.2. The summed E-state index contributed by atoms with van der Waals surface area (Å²) in [5, 5.41) is 11.6. The number of carbonyl (C=O) groups excluding carboxylic acids is 1. The van der Waals surface area contributed by atoms with Crippen molar-refractivity contribution >= 4 is 23.6 Å². The molecule has 0 bridgehead atoms. The summed E-state index contributed by atoms with van der Waals surface area (Å²) in [4.78, 5) is 22.6.